The number of hydrogen-bond donors (Lipinski definition) is 2. The van der Waals surface area contributed by atoms with Gasteiger partial charge in [-0.05, 0) is 25.5 Å². The molecule has 18 heavy (non-hydrogen) atoms. The number of furan rings is 1. The average molecular weight is 246 g/mol. The lowest BCUT2D eigenvalue weighted by molar-refractivity contribution is 0.490. The van der Waals surface area contributed by atoms with Crippen LogP contribution in [0.2, 0.25) is 0 Å². The molecule has 0 saturated carbocycles. The van der Waals surface area contributed by atoms with Crippen LogP contribution in [-0.2, 0) is 13.0 Å². The summed E-state index contributed by atoms with van der Waals surface area (Å²) < 4.78 is 5.51. The Bertz CT molecular complexity index is 521. The molecule has 2 aromatic heterocycles. The minimum atomic E-state index is 0.626. The van der Waals surface area contributed by atoms with Gasteiger partial charge < -0.3 is 15.1 Å². The van der Waals surface area contributed by atoms with Crippen LogP contribution in [0, 0.1) is 6.92 Å². The van der Waals surface area contributed by atoms with Gasteiger partial charge in [-0.25, -0.2) is 9.97 Å². The first-order valence-corrected chi connectivity index (χ1v) is 6.05. The highest BCUT2D eigenvalue weighted by Gasteiger charge is 2.08. The predicted octanol–water partition coefficient (Wildman–Crippen LogP) is 2.59. The van der Waals surface area contributed by atoms with Crippen LogP contribution in [0.25, 0.3) is 0 Å². The zero-order chi connectivity index (χ0) is 13.0. The van der Waals surface area contributed by atoms with Gasteiger partial charge in [0.1, 0.15) is 29.5 Å². The quantitative estimate of drug-likeness (QED) is 0.849. The summed E-state index contributed by atoms with van der Waals surface area (Å²) in [6.07, 6.45) is 2.43. The van der Waals surface area contributed by atoms with Crippen LogP contribution in [0.15, 0.2) is 22.9 Å². The van der Waals surface area contributed by atoms with Gasteiger partial charge in [0.25, 0.3) is 0 Å². The third-order valence-corrected chi connectivity index (χ3v) is 2.76. The topological polar surface area (TPSA) is 63.0 Å². The predicted molar refractivity (Wildman–Crippen MR) is 71.7 cm³/mol. The molecule has 2 N–H and O–H groups in total. The number of nitrogens with zero attached hydrogens (tertiary/aromatic N) is 2. The summed E-state index contributed by atoms with van der Waals surface area (Å²) in [7, 11) is 1.86. The monoisotopic (exact) mass is 246 g/mol. The number of aryl methyl sites for hydroxylation is 1. The Hall–Kier alpha value is -2.04. The van der Waals surface area contributed by atoms with Crippen LogP contribution in [0.1, 0.15) is 24.0 Å². The summed E-state index contributed by atoms with van der Waals surface area (Å²) in [6, 6.07) is 3.92. The Morgan fingerprint density at radius 2 is 2.00 bits per heavy atom. The molecule has 0 unspecified atom stereocenters. The summed E-state index contributed by atoms with van der Waals surface area (Å²) in [5.74, 6) is 3.54. The summed E-state index contributed by atoms with van der Waals surface area (Å²) in [5, 5.41) is 6.36. The fourth-order valence-corrected chi connectivity index (χ4v) is 1.87. The van der Waals surface area contributed by atoms with E-state index in [1.165, 1.54) is 0 Å². The molecule has 0 spiro atoms. The highest BCUT2D eigenvalue weighted by Crippen LogP contribution is 2.20. The van der Waals surface area contributed by atoms with Crippen LogP contribution in [-0.4, -0.2) is 17.0 Å². The fraction of sp³-hybridized carbons (Fsp3) is 0.385. The first-order valence-electron chi connectivity index (χ1n) is 6.05. The minimum absolute atomic E-state index is 0.626. The van der Waals surface area contributed by atoms with E-state index < -0.39 is 0 Å². The highest BCUT2D eigenvalue weighted by molar-refractivity contribution is 5.57. The second kappa shape index (κ2) is 5.53. The van der Waals surface area contributed by atoms with Crippen LogP contribution < -0.4 is 10.6 Å². The summed E-state index contributed by atoms with van der Waals surface area (Å²) >= 11 is 0. The van der Waals surface area contributed by atoms with Crippen molar-refractivity contribution in [2.24, 2.45) is 0 Å². The molecule has 96 valence electrons. The van der Waals surface area contributed by atoms with E-state index in [2.05, 4.69) is 27.5 Å². The van der Waals surface area contributed by atoms with Crippen molar-refractivity contribution in [3.05, 3.63) is 35.5 Å². The van der Waals surface area contributed by atoms with E-state index in [1.807, 2.05) is 26.1 Å². The van der Waals surface area contributed by atoms with Gasteiger partial charge >= 0.3 is 0 Å². The second-order valence-electron chi connectivity index (χ2n) is 4.02. The molecule has 0 aliphatic heterocycles. The molecular weight excluding hydrogens is 228 g/mol. The van der Waals surface area contributed by atoms with Gasteiger partial charge in [0.2, 0.25) is 0 Å². The number of aromatic nitrogens is 2. The molecule has 0 atom stereocenters. The van der Waals surface area contributed by atoms with Gasteiger partial charge in [-0.15, -0.1) is 0 Å². The van der Waals surface area contributed by atoms with E-state index in [9.17, 15) is 0 Å². The first kappa shape index (κ1) is 12.4. The smallest absolute Gasteiger partial charge is 0.135 e. The highest BCUT2D eigenvalue weighted by atomic mass is 16.3. The molecule has 2 rings (SSSR count). The van der Waals surface area contributed by atoms with Gasteiger partial charge in [0, 0.05) is 12.6 Å². The standard InChI is InChI=1S/C13H18N4O/c1-4-11-12(14-3)16-8-17-13(11)15-7-10-6-5-9(2)18-10/h5-6,8H,4,7H2,1-3H3,(H2,14,15,16,17). The number of anilines is 2. The van der Waals surface area contributed by atoms with E-state index in [1.54, 1.807) is 6.33 Å². The Balaban J connectivity index is 2.13. The van der Waals surface area contributed by atoms with Gasteiger partial charge in [-0.3, -0.25) is 0 Å². The Morgan fingerprint density at radius 1 is 1.22 bits per heavy atom. The van der Waals surface area contributed by atoms with Crippen molar-refractivity contribution in [2.45, 2.75) is 26.8 Å². The van der Waals surface area contributed by atoms with E-state index >= 15 is 0 Å². The maximum atomic E-state index is 5.51. The van der Waals surface area contributed by atoms with Crippen molar-refractivity contribution in [3.63, 3.8) is 0 Å². The number of rotatable bonds is 5. The van der Waals surface area contributed by atoms with Crippen molar-refractivity contribution in [1.29, 1.82) is 0 Å². The Kier molecular flexibility index (Phi) is 3.82. The van der Waals surface area contributed by atoms with Gasteiger partial charge in [0.15, 0.2) is 0 Å². The summed E-state index contributed by atoms with van der Waals surface area (Å²) in [6.45, 7) is 4.65. The molecule has 0 saturated heterocycles. The van der Waals surface area contributed by atoms with Crippen LogP contribution >= 0.6 is 0 Å². The van der Waals surface area contributed by atoms with Gasteiger partial charge in [-0.1, -0.05) is 6.92 Å². The lowest BCUT2D eigenvalue weighted by atomic mass is 10.2. The third-order valence-electron chi connectivity index (χ3n) is 2.76. The van der Waals surface area contributed by atoms with E-state index in [0.717, 1.165) is 35.1 Å². The summed E-state index contributed by atoms with van der Waals surface area (Å²) in [5.41, 5.74) is 1.09. The lowest BCUT2D eigenvalue weighted by Gasteiger charge is -2.11. The summed E-state index contributed by atoms with van der Waals surface area (Å²) in [4.78, 5) is 8.48. The van der Waals surface area contributed by atoms with E-state index in [-0.39, 0.29) is 0 Å². The van der Waals surface area contributed by atoms with Crippen molar-refractivity contribution in [3.8, 4) is 0 Å². The second-order valence-corrected chi connectivity index (χ2v) is 4.02. The van der Waals surface area contributed by atoms with Gasteiger partial charge in [-0.2, -0.15) is 0 Å². The molecule has 0 bridgehead atoms. The SMILES string of the molecule is CCc1c(NC)ncnc1NCc1ccc(C)o1. The molecule has 0 aliphatic carbocycles. The zero-order valence-corrected chi connectivity index (χ0v) is 10.9. The van der Waals surface area contributed by atoms with Gasteiger partial charge in [0.05, 0.1) is 6.54 Å². The minimum Gasteiger partial charge on any atom is -0.465 e. The molecular formula is C13H18N4O. The number of nitrogens with one attached hydrogen (secondary N) is 2. The van der Waals surface area contributed by atoms with Crippen molar-refractivity contribution in [2.75, 3.05) is 17.7 Å². The molecule has 2 heterocycles. The fourth-order valence-electron chi connectivity index (χ4n) is 1.87. The van der Waals surface area contributed by atoms with E-state index in [4.69, 9.17) is 4.42 Å². The maximum Gasteiger partial charge on any atom is 0.135 e. The molecule has 0 amide bonds. The Labute approximate surface area is 107 Å². The van der Waals surface area contributed by atoms with Crippen LogP contribution in [0.4, 0.5) is 11.6 Å². The largest absolute Gasteiger partial charge is 0.465 e. The van der Waals surface area contributed by atoms with Crippen molar-refractivity contribution >= 4 is 11.6 Å². The lowest BCUT2D eigenvalue weighted by Crippen LogP contribution is -2.07. The Morgan fingerprint density at radius 3 is 2.61 bits per heavy atom. The normalized spacial score (nSPS) is 10.4. The molecule has 0 fully saturated rings. The first-order chi connectivity index (χ1) is 8.74. The number of hydrogen-bond acceptors (Lipinski definition) is 5. The molecule has 0 radical (unpaired) electrons. The van der Waals surface area contributed by atoms with Crippen molar-refractivity contribution in [1.82, 2.24) is 9.97 Å². The average Bonchev–Trinajstić information content (AvgIpc) is 2.81. The molecule has 5 nitrogen and oxygen atoms in total. The third kappa shape index (κ3) is 2.61. The maximum absolute atomic E-state index is 5.51. The van der Waals surface area contributed by atoms with Crippen LogP contribution in [0.5, 0.6) is 0 Å². The van der Waals surface area contributed by atoms with Crippen LogP contribution in [0.3, 0.4) is 0 Å². The molecule has 0 aliphatic rings. The van der Waals surface area contributed by atoms with Crippen molar-refractivity contribution < 1.29 is 4.42 Å². The zero-order valence-electron chi connectivity index (χ0n) is 10.9. The molecule has 5 heteroatoms. The molecule has 0 aromatic carbocycles. The van der Waals surface area contributed by atoms with E-state index in [0.29, 0.717) is 6.54 Å². The molecule has 2 aromatic rings.